The van der Waals surface area contributed by atoms with Crippen LogP contribution in [0.3, 0.4) is 0 Å². The Hall–Kier alpha value is -2.75. The number of hydrogen-bond acceptors (Lipinski definition) is 8. The third-order valence-corrected chi connectivity index (χ3v) is 7.12. The minimum atomic E-state index is -0.688. The normalized spacial score (nSPS) is 19.4. The van der Waals surface area contributed by atoms with E-state index in [0.717, 1.165) is 36.6 Å². The second kappa shape index (κ2) is 10.0. The second-order valence-electron chi connectivity index (χ2n) is 8.22. The molecule has 1 amide bonds. The summed E-state index contributed by atoms with van der Waals surface area (Å²) >= 11 is 1.28. The SMILES string of the molecule is COc1cccc([C@H]2C(C(=O)c3sc(C)nc3C)=C(O)C(=O)N2CCCN2CCOCC2)c1. The van der Waals surface area contributed by atoms with Gasteiger partial charge in [-0.25, -0.2) is 4.98 Å². The molecule has 1 aromatic carbocycles. The Bertz CT molecular complexity index is 1070. The van der Waals surface area contributed by atoms with Gasteiger partial charge in [0.05, 0.1) is 47.5 Å². The average Bonchev–Trinajstić information content (AvgIpc) is 3.29. The van der Waals surface area contributed by atoms with Crippen molar-refractivity contribution >= 4 is 23.0 Å². The summed E-state index contributed by atoms with van der Waals surface area (Å²) in [6, 6.07) is 6.61. The Morgan fingerprint density at radius 2 is 2.03 bits per heavy atom. The molecular formula is C24H29N3O5S. The Morgan fingerprint density at radius 1 is 1.27 bits per heavy atom. The van der Waals surface area contributed by atoms with E-state index in [-0.39, 0.29) is 11.4 Å². The summed E-state index contributed by atoms with van der Waals surface area (Å²) in [4.78, 5) is 35.4. The lowest BCUT2D eigenvalue weighted by Crippen LogP contribution is -2.39. The molecule has 0 saturated carbocycles. The zero-order chi connectivity index (χ0) is 23.5. The molecule has 176 valence electrons. The monoisotopic (exact) mass is 471 g/mol. The predicted octanol–water partition coefficient (Wildman–Crippen LogP) is 3.07. The van der Waals surface area contributed by atoms with Crippen LogP contribution in [0.1, 0.15) is 38.4 Å². The first-order chi connectivity index (χ1) is 15.9. The molecule has 0 aliphatic carbocycles. The lowest BCUT2D eigenvalue weighted by Gasteiger charge is -2.30. The number of rotatable bonds is 8. The first-order valence-corrected chi connectivity index (χ1v) is 11.9. The van der Waals surface area contributed by atoms with Gasteiger partial charge in [0.25, 0.3) is 5.91 Å². The summed E-state index contributed by atoms with van der Waals surface area (Å²) in [7, 11) is 1.57. The fourth-order valence-electron chi connectivity index (χ4n) is 4.43. The van der Waals surface area contributed by atoms with E-state index >= 15 is 0 Å². The van der Waals surface area contributed by atoms with E-state index in [1.54, 1.807) is 18.9 Å². The maximum Gasteiger partial charge on any atom is 0.290 e. The number of methoxy groups -OCH3 is 1. The van der Waals surface area contributed by atoms with Gasteiger partial charge in [-0.05, 0) is 38.0 Å². The first kappa shape index (κ1) is 23.4. The smallest absolute Gasteiger partial charge is 0.290 e. The number of Topliss-reactive ketones (excluding diaryl/α,β-unsaturated/α-hetero) is 1. The average molecular weight is 472 g/mol. The maximum absolute atomic E-state index is 13.6. The van der Waals surface area contributed by atoms with Crippen LogP contribution >= 0.6 is 11.3 Å². The molecule has 0 unspecified atom stereocenters. The Morgan fingerprint density at radius 3 is 2.70 bits per heavy atom. The predicted molar refractivity (Wildman–Crippen MR) is 125 cm³/mol. The number of aliphatic hydroxyl groups is 1. The molecule has 1 N–H and O–H groups in total. The van der Waals surface area contributed by atoms with Gasteiger partial charge in [0.2, 0.25) is 5.78 Å². The zero-order valence-electron chi connectivity index (χ0n) is 19.2. The van der Waals surface area contributed by atoms with Crippen LogP contribution in [0, 0.1) is 13.8 Å². The number of nitrogens with zero attached hydrogens (tertiary/aromatic N) is 3. The Labute approximate surface area is 197 Å². The highest BCUT2D eigenvalue weighted by Gasteiger charge is 2.44. The number of morpholine rings is 1. The molecule has 2 aliphatic rings. The highest BCUT2D eigenvalue weighted by atomic mass is 32.1. The van der Waals surface area contributed by atoms with Gasteiger partial charge in [0.1, 0.15) is 5.75 Å². The minimum Gasteiger partial charge on any atom is -0.503 e. The fourth-order valence-corrected chi connectivity index (χ4v) is 5.30. The van der Waals surface area contributed by atoms with Crippen molar-refractivity contribution in [3.8, 4) is 5.75 Å². The van der Waals surface area contributed by atoms with Crippen molar-refractivity contribution in [2.75, 3.05) is 46.5 Å². The van der Waals surface area contributed by atoms with Crippen LogP contribution in [0.25, 0.3) is 0 Å². The number of thiazole rings is 1. The molecule has 1 aromatic heterocycles. The van der Waals surface area contributed by atoms with Crippen molar-refractivity contribution in [2.45, 2.75) is 26.3 Å². The van der Waals surface area contributed by atoms with E-state index in [2.05, 4.69) is 9.88 Å². The molecule has 4 rings (SSSR count). The summed E-state index contributed by atoms with van der Waals surface area (Å²) < 4.78 is 10.8. The number of carbonyl (C=O) groups is 2. The van der Waals surface area contributed by atoms with E-state index < -0.39 is 17.7 Å². The number of aliphatic hydroxyl groups excluding tert-OH is 1. The molecule has 0 bridgehead atoms. The highest BCUT2D eigenvalue weighted by molar-refractivity contribution is 7.14. The minimum absolute atomic E-state index is 0.103. The highest BCUT2D eigenvalue weighted by Crippen LogP contribution is 2.41. The first-order valence-electron chi connectivity index (χ1n) is 11.1. The van der Waals surface area contributed by atoms with Crippen LogP contribution in [-0.2, 0) is 9.53 Å². The van der Waals surface area contributed by atoms with E-state index in [9.17, 15) is 14.7 Å². The molecule has 0 spiro atoms. The van der Waals surface area contributed by atoms with Crippen molar-refractivity contribution in [2.24, 2.45) is 0 Å². The number of amides is 1. The lowest BCUT2D eigenvalue weighted by molar-refractivity contribution is -0.129. The van der Waals surface area contributed by atoms with Gasteiger partial charge in [-0.1, -0.05) is 12.1 Å². The van der Waals surface area contributed by atoms with Gasteiger partial charge in [-0.2, -0.15) is 0 Å². The number of ether oxygens (including phenoxy) is 2. The van der Waals surface area contributed by atoms with Crippen LogP contribution < -0.4 is 4.74 Å². The van der Waals surface area contributed by atoms with Gasteiger partial charge in [0.15, 0.2) is 5.76 Å². The molecule has 0 radical (unpaired) electrons. The molecule has 8 nitrogen and oxygen atoms in total. The van der Waals surface area contributed by atoms with Gasteiger partial charge < -0.3 is 19.5 Å². The van der Waals surface area contributed by atoms with Crippen molar-refractivity contribution in [1.29, 1.82) is 0 Å². The van der Waals surface area contributed by atoms with Crippen molar-refractivity contribution in [3.05, 3.63) is 56.7 Å². The van der Waals surface area contributed by atoms with E-state index in [1.165, 1.54) is 11.3 Å². The Balaban J connectivity index is 1.65. The Kier molecular flexibility index (Phi) is 7.11. The standard InChI is InChI=1S/C24H29N3O5S/c1-15-23(33-16(2)25-15)21(28)19-20(17-6-4-7-18(14-17)31-3)27(24(30)22(19)29)9-5-8-26-10-12-32-13-11-26/h4,6-7,14,20,29H,5,8-13H2,1-3H3/t20-/m0/s1. The largest absolute Gasteiger partial charge is 0.503 e. The van der Waals surface area contributed by atoms with Gasteiger partial charge >= 0.3 is 0 Å². The maximum atomic E-state index is 13.6. The quantitative estimate of drug-likeness (QED) is 0.592. The molecule has 2 aliphatic heterocycles. The summed E-state index contributed by atoms with van der Waals surface area (Å²) in [6.45, 7) is 7.99. The molecule has 3 heterocycles. The van der Waals surface area contributed by atoms with E-state index in [1.807, 2.05) is 31.2 Å². The molecule has 1 saturated heterocycles. The van der Waals surface area contributed by atoms with Crippen molar-refractivity contribution < 1.29 is 24.2 Å². The van der Waals surface area contributed by atoms with E-state index in [0.29, 0.717) is 36.1 Å². The molecule has 2 aromatic rings. The number of carbonyl (C=O) groups excluding carboxylic acids is 2. The molecule has 9 heteroatoms. The number of aromatic nitrogens is 1. The summed E-state index contributed by atoms with van der Waals surface area (Å²) in [5, 5.41) is 11.6. The van der Waals surface area contributed by atoms with Gasteiger partial charge in [-0.15, -0.1) is 11.3 Å². The summed E-state index contributed by atoms with van der Waals surface area (Å²) in [6.07, 6.45) is 0.722. The third-order valence-electron chi connectivity index (χ3n) is 6.04. The fraction of sp³-hybridized carbons (Fsp3) is 0.458. The third kappa shape index (κ3) is 4.80. The lowest BCUT2D eigenvalue weighted by atomic mass is 9.95. The van der Waals surface area contributed by atoms with Crippen molar-refractivity contribution in [1.82, 2.24) is 14.8 Å². The van der Waals surface area contributed by atoms with Crippen molar-refractivity contribution in [3.63, 3.8) is 0 Å². The van der Waals surface area contributed by atoms with Crippen LogP contribution in [0.4, 0.5) is 0 Å². The number of ketones is 1. The second-order valence-corrected chi connectivity index (χ2v) is 9.43. The van der Waals surface area contributed by atoms with Gasteiger partial charge in [-0.3, -0.25) is 14.5 Å². The van der Waals surface area contributed by atoms with E-state index in [4.69, 9.17) is 9.47 Å². The zero-order valence-corrected chi connectivity index (χ0v) is 20.0. The van der Waals surface area contributed by atoms with Crippen LogP contribution in [0.2, 0.25) is 0 Å². The molecule has 33 heavy (non-hydrogen) atoms. The van der Waals surface area contributed by atoms with Crippen LogP contribution in [0.5, 0.6) is 5.75 Å². The summed E-state index contributed by atoms with van der Waals surface area (Å²) in [5.74, 6) is -0.736. The summed E-state index contributed by atoms with van der Waals surface area (Å²) in [5.41, 5.74) is 1.43. The van der Waals surface area contributed by atoms with Gasteiger partial charge in [0, 0.05) is 26.2 Å². The van der Waals surface area contributed by atoms with Crippen LogP contribution in [0.15, 0.2) is 35.6 Å². The number of aryl methyl sites for hydroxylation is 2. The van der Waals surface area contributed by atoms with Crippen LogP contribution in [-0.4, -0.2) is 78.1 Å². The number of hydrogen-bond donors (Lipinski definition) is 1. The molecule has 1 fully saturated rings. The topological polar surface area (TPSA) is 92.2 Å². The molecular weight excluding hydrogens is 442 g/mol. The number of benzene rings is 1. The molecule has 1 atom stereocenters.